The molecule has 1 saturated carbocycles. The van der Waals surface area contributed by atoms with Gasteiger partial charge < -0.3 is 14.4 Å². The van der Waals surface area contributed by atoms with Gasteiger partial charge in [0.1, 0.15) is 12.4 Å². The van der Waals surface area contributed by atoms with Crippen LogP contribution in [0.5, 0.6) is 5.75 Å². The van der Waals surface area contributed by atoms with Crippen LogP contribution in [0.2, 0.25) is 0 Å². The molecule has 1 aliphatic heterocycles. The molecule has 0 N–H and O–H groups in total. The smallest absolute Gasteiger partial charge is 0.406 e. The van der Waals surface area contributed by atoms with Crippen LogP contribution in [0.3, 0.4) is 0 Å². The number of rotatable bonds is 5. The second-order valence-corrected chi connectivity index (χ2v) is 8.16. The fourth-order valence-electron chi connectivity index (χ4n) is 4.40. The quantitative estimate of drug-likeness (QED) is 0.655. The molecular formula is C23H25F3N2O3. The molecule has 2 heterocycles. The minimum absolute atomic E-state index is 0.0131. The molecule has 2 fully saturated rings. The summed E-state index contributed by atoms with van der Waals surface area (Å²) in [5.41, 5.74) is 2.33. The first-order valence-corrected chi connectivity index (χ1v) is 10.6. The third kappa shape index (κ3) is 5.55. The monoisotopic (exact) mass is 434 g/mol. The normalized spacial score (nSPS) is 20.7. The number of pyridine rings is 1. The van der Waals surface area contributed by atoms with Crippen molar-refractivity contribution < 1.29 is 27.4 Å². The number of morpholine rings is 1. The Bertz CT molecular complexity index is 896. The fourth-order valence-corrected chi connectivity index (χ4v) is 4.40. The van der Waals surface area contributed by atoms with Crippen LogP contribution in [0.4, 0.5) is 13.2 Å². The van der Waals surface area contributed by atoms with E-state index in [2.05, 4.69) is 9.72 Å². The van der Waals surface area contributed by atoms with E-state index in [1.165, 1.54) is 31.4 Å². The van der Waals surface area contributed by atoms with Crippen molar-refractivity contribution in [3.05, 3.63) is 48.3 Å². The lowest BCUT2D eigenvalue weighted by Crippen LogP contribution is -2.46. The Hall–Kier alpha value is -2.61. The van der Waals surface area contributed by atoms with Gasteiger partial charge in [0.25, 0.3) is 0 Å². The van der Waals surface area contributed by atoms with Crippen molar-refractivity contribution in [3.8, 4) is 16.9 Å². The van der Waals surface area contributed by atoms with Gasteiger partial charge in [0.05, 0.1) is 12.6 Å². The summed E-state index contributed by atoms with van der Waals surface area (Å²) in [5, 5.41) is 0. The third-order valence-corrected chi connectivity index (χ3v) is 5.94. The number of aromatic nitrogens is 1. The van der Waals surface area contributed by atoms with E-state index < -0.39 is 6.36 Å². The van der Waals surface area contributed by atoms with Gasteiger partial charge in [0, 0.05) is 24.5 Å². The zero-order valence-corrected chi connectivity index (χ0v) is 17.1. The summed E-state index contributed by atoms with van der Waals surface area (Å²) >= 11 is 0. The van der Waals surface area contributed by atoms with E-state index in [-0.39, 0.29) is 24.3 Å². The van der Waals surface area contributed by atoms with Gasteiger partial charge in [0.2, 0.25) is 5.91 Å². The van der Waals surface area contributed by atoms with E-state index in [0.29, 0.717) is 18.1 Å². The lowest BCUT2D eigenvalue weighted by molar-refractivity contribution is -0.274. The summed E-state index contributed by atoms with van der Waals surface area (Å²) in [5.74, 6) is 0.224. The maximum atomic E-state index is 12.6. The molecule has 2 aromatic rings. The van der Waals surface area contributed by atoms with Gasteiger partial charge in [-0.2, -0.15) is 0 Å². The largest absolute Gasteiger partial charge is 0.573 e. The molecule has 1 amide bonds. The number of benzene rings is 1. The maximum Gasteiger partial charge on any atom is 0.573 e. The van der Waals surface area contributed by atoms with E-state index in [9.17, 15) is 18.0 Å². The van der Waals surface area contributed by atoms with Crippen molar-refractivity contribution in [2.24, 2.45) is 5.92 Å². The van der Waals surface area contributed by atoms with Crippen LogP contribution in [-0.2, 0) is 9.53 Å². The number of nitrogens with zero attached hydrogens (tertiary/aromatic N) is 2. The molecular weight excluding hydrogens is 409 g/mol. The highest BCUT2D eigenvalue weighted by Crippen LogP contribution is 2.32. The Morgan fingerprint density at radius 2 is 1.81 bits per heavy atom. The average Bonchev–Trinajstić information content (AvgIpc) is 2.75. The number of amides is 1. The van der Waals surface area contributed by atoms with Crippen molar-refractivity contribution >= 4 is 5.91 Å². The summed E-state index contributed by atoms with van der Waals surface area (Å²) < 4.78 is 46.6. The van der Waals surface area contributed by atoms with E-state index >= 15 is 0 Å². The molecule has 0 bridgehead atoms. The van der Waals surface area contributed by atoms with Gasteiger partial charge in [-0.15, -0.1) is 13.2 Å². The molecule has 2 aliphatic rings. The SMILES string of the molecule is O=C1COCC(c2cncc(-c3ccc(OC(F)(F)F)cc3)c2)N1CC1CCCCC1. The number of hydrogen-bond acceptors (Lipinski definition) is 4. The molecule has 5 nitrogen and oxygen atoms in total. The Kier molecular flexibility index (Phi) is 6.46. The summed E-state index contributed by atoms with van der Waals surface area (Å²) in [7, 11) is 0. The van der Waals surface area contributed by atoms with Crippen LogP contribution >= 0.6 is 0 Å². The van der Waals surface area contributed by atoms with Crippen LogP contribution in [0, 0.1) is 5.92 Å². The number of carbonyl (C=O) groups is 1. The highest BCUT2D eigenvalue weighted by Gasteiger charge is 2.33. The Balaban J connectivity index is 1.53. The van der Waals surface area contributed by atoms with Crippen LogP contribution in [-0.4, -0.2) is 41.9 Å². The van der Waals surface area contributed by atoms with Crippen LogP contribution < -0.4 is 4.74 Å². The van der Waals surface area contributed by atoms with Crippen LogP contribution in [0.15, 0.2) is 42.7 Å². The fraction of sp³-hybridized carbons (Fsp3) is 0.478. The van der Waals surface area contributed by atoms with Crippen LogP contribution in [0.25, 0.3) is 11.1 Å². The predicted molar refractivity (Wildman–Crippen MR) is 108 cm³/mol. The summed E-state index contributed by atoms with van der Waals surface area (Å²) in [6, 6.07) is 7.38. The summed E-state index contributed by atoms with van der Waals surface area (Å²) in [6.45, 7) is 1.22. The molecule has 1 unspecified atom stereocenters. The highest BCUT2D eigenvalue weighted by atomic mass is 19.4. The van der Waals surface area contributed by atoms with Crippen molar-refractivity contribution in [2.75, 3.05) is 19.8 Å². The summed E-state index contributed by atoms with van der Waals surface area (Å²) in [6.07, 6.45) is 4.61. The minimum atomic E-state index is -4.72. The molecule has 0 radical (unpaired) electrons. The third-order valence-electron chi connectivity index (χ3n) is 5.94. The van der Waals surface area contributed by atoms with E-state index in [1.807, 2.05) is 11.0 Å². The van der Waals surface area contributed by atoms with Gasteiger partial charge in [-0.25, -0.2) is 0 Å². The maximum absolute atomic E-state index is 12.6. The number of carbonyl (C=O) groups excluding carboxylic acids is 1. The molecule has 8 heteroatoms. The van der Waals surface area contributed by atoms with Gasteiger partial charge in [-0.05, 0) is 48.1 Å². The molecule has 1 atom stereocenters. The van der Waals surface area contributed by atoms with Crippen molar-refractivity contribution in [1.29, 1.82) is 0 Å². The van der Waals surface area contributed by atoms with Gasteiger partial charge >= 0.3 is 6.36 Å². The predicted octanol–water partition coefficient (Wildman–Crippen LogP) is 5.13. The lowest BCUT2D eigenvalue weighted by atomic mass is 9.88. The Morgan fingerprint density at radius 1 is 1.06 bits per heavy atom. The number of hydrogen-bond donors (Lipinski definition) is 0. The van der Waals surface area contributed by atoms with Crippen molar-refractivity contribution in [2.45, 2.75) is 44.5 Å². The number of halogens is 3. The number of ether oxygens (including phenoxy) is 2. The lowest BCUT2D eigenvalue weighted by Gasteiger charge is -2.38. The van der Waals surface area contributed by atoms with Gasteiger partial charge in [0.15, 0.2) is 0 Å². The van der Waals surface area contributed by atoms with Crippen molar-refractivity contribution in [1.82, 2.24) is 9.88 Å². The zero-order valence-electron chi connectivity index (χ0n) is 17.1. The molecule has 1 aromatic carbocycles. The van der Waals surface area contributed by atoms with E-state index in [1.54, 1.807) is 24.5 Å². The van der Waals surface area contributed by atoms with Crippen LogP contribution in [0.1, 0.15) is 43.7 Å². The summed E-state index contributed by atoms with van der Waals surface area (Å²) in [4.78, 5) is 18.9. The molecule has 1 saturated heterocycles. The molecule has 1 aliphatic carbocycles. The van der Waals surface area contributed by atoms with E-state index in [0.717, 1.165) is 30.5 Å². The molecule has 31 heavy (non-hydrogen) atoms. The van der Waals surface area contributed by atoms with Gasteiger partial charge in [-0.1, -0.05) is 31.4 Å². The second-order valence-electron chi connectivity index (χ2n) is 8.16. The topological polar surface area (TPSA) is 51.7 Å². The molecule has 1 aromatic heterocycles. The minimum Gasteiger partial charge on any atom is -0.406 e. The Labute approximate surface area is 179 Å². The zero-order chi connectivity index (χ0) is 21.8. The van der Waals surface area contributed by atoms with Crippen molar-refractivity contribution in [3.63, 3.8) is 0 Å². The molecule has 166 valence electrons. The van der Waals surface area contributed by atoms with Gasteiger partial charge in [-0.3, -0.25) is 9.78 Å². The second kappa shape index (κ2) is 9.26. The average molecular weight is 434 g/mol. The Morgan fingerprint density at radius 3 is 2.52 bits per heavy atom. The first-order chi connectivity index (χ1) is 14.9. The van der Waals surface area contributed by atoms with E-state index in [4.69, 9.17) is 4.74 Å². The molecule has 4 rings (SSSR count). The first-order valence-electron chi connectivity index (χ1n) is 10.6. The standard InChI is InChI=1S/C23H25F3N2O3/c24-23(25,26)31-20-8-6-17(7-9-20)18-10-19(12-27-11-18)21-14-30-15-22(29)28(21)13-16-4-2-1-3-5-16/h6-12,16,21H,1-5,13-15H2. The highest BCUT2D eigenvalue weighted by molar-refractivity contribution is 5.78. The first kappa shape index (κ1) is 21.6. The number of alkyl halides is 3. The molecule has 0 spiro atoms.